The quantitative estimate of drug-likeness (QED) is 0.733. The van der Waals surface area contributed by atoms with Crippen molar-refractivity contribution < 1.29 is 14.7 Å². The van der Waals surface area contributed by atoms with Gasteiger partial charge in [0.05, 0.1) is 0 Å². The summed E-state index contributed by atoms with van der Waals surface area (Å²) in [7, 11) is 2.05. The molecule has 1 heterocycles. The van der Waals surface area contributed by atoms with Gasteiger partial charge in [0.2, 0.25) is 5.91 Å². The van der Waals surface area contributed by atoms with Crippen LogP contribution in [-0.2, 0) is 9.59 Å². The topological polar surface area (TPSA) is 60.9 Å². The largest absolute Gasteiger partial charge is 0.478 e. The maximum absolute atomic E-state index is 11.9. The maximum Gasteiger partial charge on any atom is 0.328 e. The maximum atomic E-state index is 11.9. The first-order valence-corrected chi connectivity index (χ1v) is 5.94. The number of likely N-dealkylation sites (N-methyl/N-ethyl adjacent to an activating group) is 1. The summed E-state index contributed by atoms with van der Waals surface area (Å²) in [4.78, 5) is 26.3. The Morgan fingerprint density at radius 3 is 2.65 bits per heavy atom. The summed E-state index contributed by atoms with van der Waals surface area (Å²) >= 11 is 0. The Morgan fingerprint density at radius 1 is 1.35 bits per heavy atom. The summed E-state index contributed by atoms with van der Waals surface area (Å²) in [6.07, 6.45) is 3.87. The Morgan fingerprint density at radius 2 is 2.06 bits per heavy atom. The van der Waals surface area contributed by atoms with E-state index in [2.05, 4.69) is 4.90 Å². The van der Waals surface area contributed by atoms with Crippen LogP contribution in [0, 0.1) is 0 Å². The van der Waals surface area contributed by atoms with Gasteiger partial charge >= 0.3 is 5.97 Å². The highest BCUT2D eigenvalue weighted by Crippen LogP contribution is 2.12. The normalized spacial score (nSPS) is 22.7. The Bertz CT molecular complexity index is 315. The first-order chi connectivity index (χ1) is 8.04. The highest BCUT2D eigenvalue weighted by molar-refractivity contribution is 5.94. The fourth-order valence-corrected chi connectivity index (χ4v) is 2.12. The van der Waals surface area contributed by atoms with Gasteiger partial charge in [-0.15, -0.1) is 0 Å². The Balaban J connectivity index is 2.71. The van der Waals surface area contributed by atoms with Gasteiger partial charge in [-0.3, -0.25) is 4.79 Å². The van der Waals surface area contributed by atoms with Gasteiger partial charge in [-0.25, -0.2) is 4.79 Å². The molecule has 0 aromatic rings. The molecule has 1 aliphatic heterocycles. The van der Waals surface area contributed by atoms with Crippen LogP contribution in [-0.4, -0.2) is 59.5 Å². The predicted octanol–water partition coefficient (Wildman–Crippen LogP) is 0.570. The zero-order valence-electron chi connectivity index (χ0n) is 10.4. The number of carbonyl (C=O) groups excluding carboxylic acids is 1. The molecular formula is C12H20N2O3. The van der Waals surface area contributed by atoms with Crippen LogP contribution in [0.1, 0.15) is 19.8 Å². The van der Waals surface area contributed by atoms with Crippen molar-refractivity contribution >= 4 is 11.9 Å². The van der Waals surface area contributed by atoms with Crippen molar-refractivity contribution in [2.24, 2.45) is 0 Å². The van der Waals surface area contributed by atoms with Crippen LogP contribution in [0.15, 0.2) is 12.2 Å². The Labute approximate surface area is 102 Å². The van der Waals surface area contributed by atoms with E-state index in [9.17, 15) is 9.59 Å². The lowest BCUT2D eigenvalue weighted by Gasteiger charge is -2.29. The summed E-state index contributed by atoms with van der Waals surface area (Å²) in [5.74, 6) is -1.28. The molecule has 1 atom stereocenters. The van der Waals surface area contributed by atoms with Crippen molar-refractivity contribution in [3.63, 3.8) is 0 Å². The van der Waals surface area contributed by atoms with Crippen molar-refractivity contribution in [1.29, 1.82) is 0 Å². The van der Waals surface area contributed by atoms with Gasteiger partial charge in [-0.1, -0.05) is 6.92 Å². The van der Waals surface area contributed by atoms with E-state index in [-0.39, 0.29) is 11.9 Å². The molecule has 1 fully saturated rings. The van der Waals surface area contributed by atoms with Crippen LogP contribution in [0.5, 0.6) is 0 Å². The minimum Gasteiger partial charge on any atom is -0.478 e. The summed E-state index contributed by atoms with van der Waals surface area (Å²) in [6, 6.07) is 0.174. The van der Waals surface area contributed by atoms with E-state index in [1.165, 1.54) is 0 Å². The van der Waals surface area contributed by atoms with Gasteiger partial charge < -0.3 is 14.9 Å². The number of carboxylic acids is 1. The van der Waals surface area contributed by atoms with E-state index in [0.29, 0.717) is 6.54 Å². The van der Waals surface area contributed by atoms with E-state index < -0.39 is 5.97 Å². The zero-order valence-corrected chi connectivity index (χ0v) is 10.4. The number of hydrogen-bond donors (Lipinski definition) is 1. The van der Waals surface area contributed by atoms with Gasteiger partial charge in [0.25, 0.3) is 0 Å². The third kappa shape index (κ3) is 4.19. The van der Waals surface area contributed by atoms with Crippen molar-refractivity contribution in [3.8, 4) is 0 Å². The van der Waals surface area contributed by atoms with Crippen LogP contribution < -0.4 is 0 Å². The lowest BCUT2D eigenvalue weighted by molar-refractivity contribution is -0.132. The van der Waals surface area contributed by atoms with Gasteiger partial charge in [0.15, 0.2) is 0 Å². The Hall–Kier alpha value is -1.36. The second-order valence-corrected chi connectivity index (χ2v) is 4.38. The molecule has 0 spiro atoms. The number of nitrogens with zero attached hydrogens (tertiary/aromatic N) is 2. The summed E-state index contributed by atoms with van der Waals surface area (Å²) in [5.41, 5.74) is 0. The molecule has 5 heteroatoms. The van der Waals surface area contributed by atoms with E-state index >= 15 is 0 Å². The number of carboxylic acid groups (broad SMARTS) is 1. The van der Waals surface area contributed by atoms with Crippen LogP contribution in [0.2, 0.25) is 0 Å². The number of amides is 1. The van der Waals surface area contributed by atoms with Crippen LogP contribution >= 0.6 is 0 Å². The standard InChI is InChI=1S/C12H20N2O3/c1-3-10-9-13(2)7-4-8-14(10)11(15)5-6-12(16)17/h5-6,10H,3-4,7-9H2,1-2H3,(H,16,17)/b6-5+. The zero-order chi connectivity index (χ0) is 12.8. The first kappa shape index (κ1) is 13.7. The molecule has 96 valence electrons. The molecule has 5 nitrogen and oxygen atoms in total. The summed E-state index contributed by atoms with van der Waals surface area (Å²) < 4.78 is 0. The fourth-order valence-electron chi connectivity index (χ4n) is 2.12. The second kappa shape index (κ2) is 6.39. The molecule has 1 saturated heterocycles. The average Bonchev–Trinajstić information content (AvgIpc) is 2.47. The molecule has 0 aromatic carbocycles. The van der Waals surface area contributed by atoms with E-state index in [4.69, 9.17) is 5.11 Å². The van der Waals surface area contributed by atoms with Crippen LogP contribution in [0.3, 0.4) is 0 Å². The molecule has 0 radical (unpaired) electrons. The number of hydrogen-bond acceptors (Lipinski definition) is 3. The highest BCUT2D eigenvalue weighted by Gasteiger charge is 2.24. The molecule has 1 unspecified atom stereocenters. The van der Waals surface area contributed by atoms with Crippen LogP contribution in [0.25, 0.3) is 0 Å². The number of rotatable bonds is 3. The molecule has 1 N–H and O–H groups in total. The minimum atomic E-state index is -1.08. The molecule has 17 heavy (non-hydrogen) atoms. The molecule has 0 aromatic heterocycles. The fraction of sp³-hybridized carbons (Fsp3) is 0.667. The molecule has 1 amide bonds. The van der Waals surface area contributed by atoms with E-state index in [1.807, 2.05) is 14.0 Å². The van der Waals surface area contributed by atoms with Crippen molar-refractivity contribution in [2.45, 2.75) is 25.8 Å². The molecule has 1 aliphatic rings. The van der Waals surface area contributed by atoms with Gasteiger partial charge in [-0.05, 0) is 26.4 Å². The smallest absolute Gasteiger partial charge is 0.328 e. The molecule has 0 aliphatic carbocycles. The molecular weight excluding hydrogens is 220 g/mol. The van der Waals surface area contributed by atoms with E-state index in [1.54, 1.807) is 4.90 Å². The molecule has 0 bridgehead atoms. The van der Waals surface area contributed by atoms with Crippen molar-refractivity contribution in [1.82, 2.24) is 9.80 Å². The van der Waals surface area contributed by atoms with Crippen molar-refractivity contribution in [2.75, 3.05) is 26.7 Å². The Kier molecular flexibility index (Phi) is 5.15. The predicted molar refractivity (Wildman–Crippen MR) is 64.7 cm³/mol. The lowest BCUT2D eigenvalue weighted by atomic mass is 10.2. The van der Waals surface area contributed by atoms with Gasteiger partial charge in [-0.2, -0.15) is 0 Å². The first-order valence-electron chi connectivity index (χ1n) is 5.94. The SMILES string of the molecule is CCC1CN(C)CCCN1C(=O)/C=C/C(=O)O. The third-order valence-corrected chi connectivity index (χ3v) is 3.02. The average molecular weight is 240 g/mol. The van der Waals surface area contributed by atoms with Crippen LogP contribution in [0.4, 0.5) is 0 Å². The monoisotopic (exact) mass is 240 g/mol. The summed E-state index contributed by atoms with van der Waals surface area (Å²) in [6.45, 7) is 4.57. The third-order valence-electron chi connectivity index (χ3n) is 3.02. The minimum absolute atomic E-state index is 0.174. The number of aliphatic carboxylic acids is 1. The second-order valence-electron chi connectivity index (χ2n) is 4.38. The molecule has 0 saturated carbocycles. The van der Waals surface area contributed by atoms with Gasteiger partial charge in [0.1, 0.15) is 0 Å². The van der Waals surface area contributed by atoms with Gasteiger partial charge in [0, 0.05) is 31.3 Å². The number of carbonyl (C=O) groups is 2. The van der Waals surface area contributed by atoms with E-state index in [0.717, 1.165) is 38.1 Å². The summed E-state index contributed by atoms with van der Waals surface area (Å²) in [5, 5.41) is 8.52. The lowest BCUT2D eigenvalue weighted by Crippen LogP contribution is -2.42. The van der Waals surface area contributed by atoms with Crippen molar-refractivity contribution in [3.05, 3.63) is 12.2 Å². The highest BCUT2D eigenvalue weighted by atomic mass is 16.4. The molecule has 1 rings (SSSR count).